The van der Waals surface area contributed by atoms with Crippen molar-refractivity contribution in [3.63, 3.8) is 0 Å². The summed E-state index contributed by atoms with van der Waals surface area (Å²) in [5.74, 6) is 0.339. The van der Waals surface area contributed by atoms with E-state index in [1.165, 1.54) is 25.7 Å². The average molecular weight is 328 g/mol. The first kappa shape index (κ1) is 15.6. The van der Waals surface area contributed by atoms with Crippen LogP contribution < -0.4 is 5.32 Å². The molecule has 128 valence electrons. The van der Waals surface area contributed by atoms with Crippen molar-refractivity contribution in [3.8, 4) is 0 Å². The molecule has 0 spiro atoms. The van der Waals surface area contributed by atoms with Gasteiger partial charge in [-0.05, 0) is 37.7 Å². The normalized spacial score (nSPS) is 22.1. The van der Waals surface area contributed by atoms with E-state index in [9.17, 15) is 4.79 Å². The molecule has 6 heteroatoms. The van der Waals surface area contributed by atoms with Gasteiger partial charge in [-0.25, -0.2) is 9.97 Å². The summed E-state index contributed by atoms with van der Waals surface area (Å²) in [4.78, 5) is 21.3. The molecule has 24 heavy (non-hydrogen) atoms. The summed E-state index contributed by atoms with van der Waals surface area (Å²) in [5, 5.41) is 3.00. The van der Waals surface area contributed by atoms with Crippen molar-refractivity contribution in [2.24, 2.45) is 5.92 Å². The number of amides is 1. The third-order valence-electron chi connectivity index (χ3n) is 5.20. The van der Waals surface area contributed by atoms with Crippen LogP contribution in [0.1, 0.15) is 54.9 Å². The molecule has 2 aliphatic rings. The molecule has 0 bridgehead atoms. The maximum atomic E-state index is 12.4. The number of fused-ring (bicyclic) bond motifs is 1. The van der Waals surface area contributed by atoms with Gasteiger partial charge in [0.25, 0.3) is 5.91 Å². The number of nitrogens with one attached hydrogen (secondary N) is 1. The fourth-order valence-corrected chi connectivity index (χ4v) is 3.80. The van der Waals surface area contributed by atoms with Crippen LogP contribution in [0.25, 0.3) is 11.2 Å². The molecule has 2 aromatic rings. The van der Waals surface area contributed by atoms with Gasteiger partial charge in [-0.3, -0.25) is 4.79 Å². The summed E-state index contributed by atoms with van der Waals surface area (Å²) in [6, 6.07) is 2.36. The Balaban J connectivity index is 1.45. The second-order valence-electron chi connectivity index (χ2n) is 6.95. The maximum Gasteiger partial charge on any atom is 0.252 e. The van der Waals surface area contributed by atoms with Gasteiger partial charge in [0.15, 0.2) is 5.65 Å². The Bertz CT molecular complexity index is 715. The fraction of sp³-hybridized carbons (Fsp3) is 0.611. The topological polar surface area (TPSA) is 69.0 Å². The third kappa shape index (κ3) is 3.15. The summed E-state index contributed by atoms with van der Waals surface area (Å²) >= 11 is 0. The van der Waals surface area contributed by atoms with Crippen LogP contribution in [0, 0.1) is 5.92 Å². The summed E-state index contributed by atoms with van der Waals surface area (Å²) in [7, 11) is 0. The number of nitrogens with zero attached hydrogens (tertiary/aromatic N) is 3. The van der Waals surface area contributed by atoms with Gasteiger partial charge in [0.2, 0.25) is 0 Å². The van der Waals surface area contributed by atoms with Crippen molar-refractivity contribution < 1.29 is 9.53 Å². The molecule has 1 unspecified atom stereocenters. The molecule has 1 aliphatic carbocycles. The number of aromatic nitrogens is 3. The molecule has 2 fully saturated rings. The van der Waals surface area contributed by atoms with Crippen molar-refractivity contribution in [1.29, 1.82) is 0 Å². The Kier molecular flexibility index (Phi) is 4.47. The number of hydrogen-bond donors (Lipinski definition) is 1. The highest BCUT2D eigenvalue weighted by Gasteiger charge is 2.20. The third-order valence-corrected chi connectivity index (χ3v) is 5.20. The van der Waals surface area contributed by atoms with Crippen molar-refractivity contribution in [2.45, 2.75) is 44.6 Å². The molecule has 1 amide bonds. The molecule has 4 rings (SSSR count). The number of carbonyl (C=O) groups excluding carboxylic acids is 1. The van der Waals surface area contributed by atoms with E-state index in [4.69, 9.17) is 4.74 Å². The lowest BCUT2D eigenvalue weighted by Crippen LogP contribution is -2.33. The van der Waals surface area contributed by atoms with Gasteiger partial charge >= 0.3 is 0 Å². The SMILES string of the molecule is O=C(NCC1CCCOC1)c1cnc2c(c1)ncn2C1CCCC1. The first-order chi connectivity index (χ1) is 11.8. The minimum Gasteiger partial charge on any atom is -0.381 e. The van der Waals surface area contributed by atoms with Crippen LogP contribution in [0.4, 0.5) is 0 Å². The number of pyridine rings is 1. The molecule has 1 atom stereocenters. The Morgan fingerprint density at radius 2 is 2.12 bits per heavy atom. The van der Waals surface area contributed by atoms with E-state index in [2.05, 4.69) is 19.9 Å². The lowest BCUT2D eigenvalue weighted by Gasteiger charge is -2.22. The first-order valence-electron chi connectivity index (χ1n) is 9.00. The van der Waals surface area contributed by atoms with Crippen molar-refractivity contribution in [1.82, 2.24) is 19.9 Å². The Morgan fingerprint density at radius 1 is 1.25 bits per heavy atom. The number of hydrogen-bond acceptors (Lipinski definition) is 4. The fourth-order valence-electron chi connectivity index (χ4n) is 3.80. The molecule has 0 radical (unpaired) electrons. The minimum atomic E-state index is -0.0783. The van der Waals surface area contributed by atoms with Crippen LogP contribution in [0.15, 0.2) is 18.6 Å². The van der Waals surface area contributed by atoms with E-state index >= 15 is 0 Å². The predicted molar refractivity (Wildman–Crippen MR) is 90.9 cm³/mol. The standard InChI is InChI=1S/C18H24N4O2/c23-18(20-9-13-4-3-7-24-11-13)14-8-16-17(19-10-14)22(12-21-16)15-5-1-2-6-15/h8,10,12-13,15H,1-7,9,11H2,(H,20,23). The number of ether oxygens (including phenoxy) is 1. The maximum absolute atomic E-state index is 12.4. The molecule has 6 nitrogen and oxygen atoms in total. The molecular formula is C18H24N4O2. The summed E-state index contributed by atoms with van der Waals surface area (Å²) in [6.07, 6.45) is 10.7. The highest BCUT2D eigenvalue weighted by molar-refractivity contribution is 5.96. The highest BCUT2D eigenvalue weighted by atomic mass is 16.5. The first-order valence-corrected chi connectivity index (χ1v) is 9.00. The van der Waals surface area contributed by atoms with Crippen LogP contribution in [-0.2, 0) is 4.74 Å². The zero-order chi connectivity index (χ0) is 16.4. The van der Waals surface area contributed by atoms with Crippen LogP contribution in [0.2, 0.25) is 0 Å². The number of rotatable bonds is 4. The van der Waals surface area contributed by atoms with E-state index < -0.39 is 0 Å². The highest BCUT2D eigenvalue weighted by Crippen LogP contribution is 2.31. The molecule has 3 heterocycles. The van der Waals surface area contributed by atoms with Crippen LogP contribution in [0.5, 0.6) is 0 Å². The second-order valence-corrected chi connectivity index (χ2v) is 6.95. The summed E-state index contributed by atoms with van der Waals surface area (Å²) in [5.41, 5.74) is 2.27. The molecule has 1 aliphatic heterocycles. The Labute approximate surface area is 141 Å². The van der Waals surface area contributed by atoms with Gasteiger partial charge in [-0.1, -0.05) is 12.8 Å². The predicted octanol–water partition coefficient (Wildman–Crippen LogP) is 2.70. The van der Waals surface area contributed by atoms with Gasteiger partial charge in [0.1, 0.15) is 5.52 Å². The Hall–Kier alpha value is -1.95. The molecule has 1 saturated heterocycles. The van der Waals surface area contributed by atoms with Gasteiger partial charge in [0, 0.05) is 25.4 Å². The van der Waals surface area contributed by atoms with Crippen molar-refractivity contribution in [2.75, 3.05) is 19.8 Å². The molecule has 1 N–H and O–H groups in total. The zero-order valence-corrected chi connectivity index (χ0v) is 13.9. The van der Waals surface area contributed by atoms with E-state index in [1.807, 2.05) is 12.4 Å². The van der Waals surface area contributed by atoms with Gasteiger partial charge in [-0.2, -0.15) is 0 Å². The van der Waals surface area contributed by atoms with Crippen LogP contribution in [0.3, 0.4) is 0 Å². The zero-order valence-electron chi connectivity index (χ0n) is 13.9. The van der Waals surface area contributed by atoms with Crippen LogP contribution in [-0.4, -0.2) is 40.2 Å². The molecule has 2 aromatic heterocycles. The van der Waals surface area contributed by atoms with E-state index in [1.54, 1.807) is 6.20 Å². The monoisotopic (exact) mass is 328 g/mol. The Morgan fingerprint density at radius 3 is 2.92 bits per heavy atom. The smallest absolute Gasteiger partial charge is 0.252 e. The van der Waals surface area contributed by atoms with Gasteiger partial charge in [0.05, 0.1) is 18.5 Å². The van der Waals surface area contributed by atoms with Crippen LogP contribution >= 0.6 is 0 Å². The lowest BCUT2D eigenvalue weighted by atomic mass is 10.0. The van der Waals surface area contributed by atoms with E-state index in [0.29, 0.717) is 24.1 Å². The second kappa shape index (κ2) is 6.89. The van der Waals surface area contributed by atoms with Gasteiger partial charge in [-0.15, -0.1) is 0 Å². The minimum absolute atomic E-state index is 0.0783. The molecular weight excluding hydrogens is 304 g/mol. The quantitative estimate of drug-likeness (QED) is 0.937. The summed E-state index contributed by atoms with van der Waals surface area (Å²) in [6.45, 7) is 2.24. The summed E-state index contributed by atoms with van der Waals surface area (Å²) < 4.78 is 7.62. The molecule has 0 aromatic carbocycles. The average Bonchev–Trinajstić information content (AvgIpc) is 3.29. The van der Waals surface area contributed by atoms with E-state index in [-0.39, 0.29) is 5.91 Å². The van der Waals surface area contributed by atoms with Crippen molar-refractivity contribution in [3.05, 3.63) is 24.2 Å². The largest absolute Gasteiger partial charge is 0.381 e. The van der Waals surface area contributed by atoms with Crippen molar-refractivity contribution >= 4 is 17.1 Å². The van der Waals surface area contributed by atoms with E-state index in [0.717, 1.165) is 37.2 Å². The van der Waals surface area contributed by atoms with Gasteiger partial charge < -0.3 is 14.6 Å². The molecule has 1 saturated carbocycles. The number of carbonyl (C=O) groups is 1. The lowest BCUT2D eigenvalue weighted by molar-refractivity contribution is 0.0536. The number of imidazole rings is 1.